The molecule has 0 saturated carbocycles. The highest BCUT2D eigenvalue weighted by molar-refractivity contribution is 7.90. The van der Waals surface area contributed by atoms with Gasteiger partial charge in [0.25, 0.3) is 0 Å². The first-order valence-electron chi connectivity index (χ1n) is 6.22. The molecule has 0 aliphatic carbocycles. The fraction of sp³-hybridized carbons (Fsp3) is 0.909. The van der Waals surface area contributed by atoms with E-state index in [1.54, 1.807) is 6.92 Å². The molecule has 2 aliphatic rings. The normalized spacial score (nSPS) is 31.8. The Balaban J connectivity index is 2.14. The quantitative estimate of drug-likeness (QED) is 0.796. The van der Waals surface area contributed by atoms with Crippen LogP contribution in [0, 0.1) is 11.3 Å². The van der Waals surface area contributed by atoms with Gasteiger partial charge in [-0.25, -0.2) is 8.42 Å². The summed E-state index contributed by atoms with van der Waals surface area (Å²) in [5.74, 6) is 0. The van der Waals surface area contributed by atoms with Crippen LogP contribution >= 0.6 is 0 Å². The Morgan fingerprint density at radius 2 is 2.12 bits per heavy atom. The minimum Gasteiger partial charge on any atom is -0.310 e. The van der Waals surface area contributed by atoms with Crippen LogP contribution in [-0.4, -0.2) is 43.1 Å². The smallest absolute Gasteiger partial charge is 0.230 e. The molecule has 0 aromatic carbocycles. The lowest BCUT2D eigenvalue weighted by Gasteiger charge is -2.25. The largest absolute Gasteiger partial charge is 0.310 e. The highest BCUT2D eigenvalue weighted by Gasteiger charge is 2.37. The molecule has 0 spiro atoms. The zero-order valence-electron chi connectivity index (χ0n) is 10.1. The molecule has 0 aromatic rings. The lowest BCUT2D eigenvalue weighted by atomic mass is 10.1. The van der Waals surface area contributed by atoms with Crippen LogP contribution in [-0.2, 0) is 10.0 Å². The zero-order chi connectivity index (χ0) is 12.5. The Labute approximate surface area is 103 Å². The van der Waals surface area contributed by atoms with E-state index in [1.807, 2.05) is 6.07 Å². The molecule has 2 saturated heterocycles. The Morgan fingerprint density at radius 1 is 1.41 bits per heavy atom. The van der Waals surface area contributed by atoms with E-state index in [-0.39, 0.29) is 6.04 Å². The van der Waals surface area contributed by atoms with Crippen molar-refractivity contribution in [3.63, 3.8) is 0 Å². The second-order valence-corrected chi connectivity index (χ2v) is 6.97. The van der Waals surface area contributed by atoms with E-state index < -0.39 is 15.3 Å². The fourth-order valence-electron chi connectivity index (χ4n) is 2.69. The summed E-state index contributed by atoms with van der Waals surface area (Å²) < 4.78 is 26.0. The van der Waals surface area contributed by atoms with Gasteiger partial charge in [0, 0.05) is 25.2 Å². The molecule has 2 fully saturated rings. The van der Waals surface area contributed by atoms with Gasteiger partial charge in [-0.15, -0.1) is 0 Å². The average Bonchev–Trinajstić information content (AvgIpc) is 2.58. The first-order valence-corrected chi connectivity index (χ1v) is 7.73. The van der Waals surface area contributed by atoms with E-state index in [0.717, 1.165) is 19.3 Å². The number of sulfonamides is 1. The summed E-state index contributed by atoms with van der Waals surface area (Å²) in [6, 6.07) is 2.64. The van der Waals surface area contributed by atoms with Crippen LogP contribution in [0.4, 0.5) is 0 Å². The van der Waals surface area contributed by atoms with Gasteiger partial charge >= 0.3 is 0 Å². The maximum absolute atomic E-state index is 12.3. The molecule has 6 heteroatoms. The lowest BCUT2D eigenvalue weighted by Crippen LogP contribution is -2.43. The second kappa shape index (κ2) is 4.92. The third kappa shape index (κ3) is 2.46. The van der Waals surface area contributed by atoms with Crippen molar-refractivity contribution in [2.75, 3.05) is 13.1 Å². The zero-order valence-corrected chi connectivity index (χ0v) is 10.9. The first kappa shape index (κ1) is 12.8. The van der Waals surface area contributed by atoms with Crippen molar-refractivity contribution >= 4 is 10.0 Å². The molecular weight excluding hydrogens is 238 g/mol. The molecule has 0 aromatic heterocycles. The van der Waals surface area contributed by atoms with E-state index in [4.69, 9.17) is 5.26 Å². The topological polar surface area (TPSA) is 73.2 Å². The summed E-state index contributed by atoms with van der Waals surface area (Å²) >= 11 is 0. The number of fused-ring (bicyclic) bond motifs is 2. The van der Waals surface area contributed by atoms with E-state index >= 15 is 0 Å². The molecule has 2 heterocycles. The number of hydrogen-bond acceptors (Lipinski definition) is 4. The monoisotopic (exact) mass is 257 g/mol. The van der Waals surface area contributed by atoms with Crippen molar-refractivity contribution in [1.29, 1.82) is 5.26 Å². The van der Waals surface area contributed by atoms with Gasteiger partial charge in [-0.05, 0) is 25.7 Å². The molecule has 5 nitrogen and oxygen atoms in total. The molecule has 17 heavy (non-hydrogen) atoms. The van der Waals surface area contributed by atoms with Crippen LogP contribution in [0.1, 0.15) is 32.6 Å². The summed E-state index contributed by atoms with van der Waals surface area (Å²) in [6.45, 7) is 2.82. The standard InChI is InChI=1S/C11H19N3O2S/c1-2-11(7-12)17(15,16)14-6-5-9-3-4-10(8-14)13-9/h9-11,13H,2-6,8H2,1H3. The summed E-state index contributed by atoms with van der Waals surface area (Å²) in [6.07, 6.45) is 3.41. The van der Waals surface area contributed by atoms with Crippen LogP contribution < -0.4 is 5.32 Å². The predicted molar refractivity (Wildman–Crippen MR) is 64.7 cm³/mol. The average molecular weight is 257 g/mol. The van der Waals surface area contributed by atoms with Crippen LogP contribution in [0.15, 0.2) is 0 Å². The minimum atomic E-state index is -3.44. The minimum absolute atomic E-state index is 0.272. The number of nitrogens with one attached hydrogen (secondary N) is 1. The van der Waals surface area contributed by atoms with Gasteiger partial charge < -0.3 is 5.32 Å². The van der Waals surface area contributed by atoms with Gasteiger partial charge in [0.15, 0.2) is 5.25 Å². The van der Waals surface area contributed by atoms with Gasteiger partial charge in [0.1, 0.15) is 0 Å². The Bertz CT molecular complexity index is 415. The van der Waals surface area contributed by atoms with Gasteiger partial charge in [-0.3, -0.25) is 0 Å². The maximum atomic E-state index is 12.3. The first-order chi connectivity index (χ1) is 8.07. The third-order valence-electron chi connectivity index (χ3n) is 3.72. The number of nitriles is 1. The van der Waals surface area contributed by atoms with E-state index in [0.29, 0.717) is 25.6 Å². The summed E-state index contributed by atoms with van der Waals surface area (Å²) in [5, 5.41) is 11.5. The summed E-state index contributed by atoms with van der Waals surface area (Å²) in [4.78, 5) is 0. The van der Waals surface area contributed by atoms with Crippen molar-refractivity contribution in [1.82, 2.24) is 9.62 Å². The molecule has 96 valence electrons. The van der Waals surface area contributed by atoms with Crippen molar-refractivity contribution in [3.05, 3.63) is 0 Å². The number of nitrogens with zero attached hydrogens (tertiary/aromatic N) is 2. The molecule has 3 atom stereocenters. The van der Waals surface area contributed by atoms with Crippen molar-refractivity contribution in [2.24, 2.45) is 0 Å². The molecule has 1 N–H and O–H groups in total. The molecule has 0 radical (unpaired) electrons. The van der Waals surface area contributed by atoms with E-state index in [1.165, 1.54) is 4.31 Å². The van der Waals surface area contributed by atoms with Crippen LogP contribution in [0.25, 0.3) is 0 Å². The summed E-state index contributed by atoms with van der Waals surface area (Å²) in [7, 11) is -3.44. The molecule has 0 amide bonds. The van der Waals surface area contributed by atoms with Crippen molar-refractivity contribution < 1.29 is 8.42 Å². The van der Waals surface area contributed by atoms with Crippen LogP contribution in [0.3, 0.4) is 0 Å². The molecule has 2 bridgehead atoms. The Morgan fingerprint density at radius 3 is 2.76 bits per heavy atom. The van der Waals surface area contributed by atoms with Crippen molar-refractivity contribution in [3.8, 4) is 6.07 Å². The summed E-state index contributed by atoms with van der Waals surface area (Å²) in [5.41, 5.74) is 0. The van der Waals surface area contributed by atoms with E-state index in [9.17, 15) is 8.42 Å². The fourth-order valence-corrected chi connectivity index (χ4v) is 4.35. The van der Waals surface area contributed by atoms with Gasteiger partial charge in [0.05, 0.1) is 6.07 Å². The molecular formula is C11H19N3O2S. The van der Waals surface area contributed by atoms with Crippen molar-refractivity contribution in [2.45, 2.75) is 49.9 Å². The lowest BCUT2D eigenvalue weighted by molar-refractivity contribution is 0.380. The van der Waals surface area contributed by atoms with Crippen LogP contribution in [0.5, 0.6) is 0 Å². The van der Waals surface area contributed by atoms with Gasteiger partial charge in [-0.1, -0.05) is 6.92 Å². The van der Waals surface area contributed by atoms with Gasteiger partial charge in [0.2, 0.25) is 10.0 Å². The highest BCUT2D eigenvalue weighted by atomic mass is 32.2. The van der Waals surface area contributed by atoms with E-state index in [2.05, 4.69) is 5.32 Å². The Kier molecular flexibility index (Phi) is 3.71. The number of hydrogen-bond donors (Lipinski definition) is 1. The van der Waals surface area contributed by atoms with Gasteiger partial charge in [-0.2, -0.15) is 9.57 Å². The molecule has 2 rings (SSSR count). The second-order valence-electron chi connectivity index (χ2n) is 4.86. The predicted octanol–water partition coefficient (Wildman–Crippen LogP) is 0.445. The third-order valence-corrected chi connectivity index (χ3v) is 5.93. The Hall–Kier alpha value is -0.640. The molecule has 2 aliphatic heterocycles. The highest BCUT2D eigenvalue weighted by Crippen LogP contribution is 2.23. The maximum Gasteiger partial charge on any atom is 0.230 e. The molecule has 3 unspecified atom stereocenters. The number of rotatable bonds is 3. The SMILES string of the molecule is CCC(C#N)S(=O)(=O)N1CCC2CCC(C1)N2. The van der Waals surface area contributed by atoms with Crippen LogP contribution in [0.2, 0.25) is 0 Å².